The molecule has 1 N–H and O–H groups in total. The van der Waals surface area contributed by atoms with Crippen LogP contribution >= 0.6 is 0 Å². The van der Waals surface area contributed by atoms with E-state index in [4.69, 9.17) is 4.74 Å². The molecule has 15 heavy (non-hydrogen) atoms. The fourth-order valence-corrected chi connectivity index (χ4v) is 1.28. The Kier molecular flexibility index (Phi) is 4.65. The second-order valence-electron chi connectivity index (χ2n) is 3.34. The molecule has 0 saturated heterocycles. The lowest BCUT2D eigenvalue weighted by molar-refractivity contribution is 0.196. The van der Waals surface area contributed by atoms with Crippen molar-refractivity contribution in [1.29, 1.82) is 0 Å². The maximum atomic E-state index is 12.9. The summed E-state index contributed by atoms with van der Waals surface area (Å²) in [7, 11) is 1.61. The minimum absolute atomic E-state index is 0.0183. The van der Waals surface area contributed by atoms with Crippen molar-refractivity contribution >= 4 is 0 Å². The lowest BCUT2D eigenvalue weighted by atomic mass is 10.1. The summed E-state index contributed by atoms with van der Waals surface area (Å²) in [6.45, 7) is 3.16. The first kappa shape index (κ1) is 12.1. The Labute approximate surface area is 88.3 Å². The molecule has 0 aliphatic rings. The van der Waals surface area contributed by atoms with Crippen molar-refractivity contribution in [3.8, 4) is 0 Å². The Hall–Kier alpha value is -1.00. The van der Waals surface area contributed by atoms with E-state index < -0.39 is 11.6 Å². The van der Waals surface area contributed by atoms with E-state index in [-0.39, 0.29) is 6.04 Å². The molecule has 1 aromatic rings. The molecule has 0 aliphatic carbocycles. The number of benzene rings is 1. The molecule has 0 heterocycles. The first-order valence-electron chi connectivity index (χ1n) is 4.82. The highest BCUT2D eigenvalue weighted by Crippen LogP contribution is 2.15. The van der Waals surface area contributed by atoms with Gasteiger partial charge in [-0.25, -0.2) is 8.78 Å². The van der Waals surface area contributed by atoms with Gasteiger partial charge in [-0.05, 0) is 24.6 Å². The standard InChI is InChI=1S/C11H15F2NO/c1-8(14-5-6-15-2)9-3-4-10(12)11(13)7-9/h3-4,7-8,14H,5-6H2,1-2H3/t8-/m0/s1. The SMILES string of the molecule is COCCN[C@@H](C)c1ccc(F)c(F)c1. The Bertz CT molecular complexity index is 317. The van der Waals surface area contributed by atoms with Gasteiger partial charge in [0.25, 0.3) is 0 Å². The van der Waals surface area contributed by atoms with Crippen molar-refractivity contribution in [2.24, 2.45) is 0 Å². The predicted octanol–water partition coefficient (Wildman–Crippen LogP) is 2.26. The lowest BCUT2D eigenvalue weighted by Crippen LogP contribution is -2.22. The van der Waals surface area contributed by atoms with E-state index in [1.54, 1.807) is 13.2 Å². The van der Waals surface area contributed by atoms with Gasteiger partial charge >= 0.3 is 0 Å². The summed E-state index contributed by atoms with van der Waals surface area (Å²) < 4.78 is 30.4. The average Bonchev–Trinajstić information content (AvgIpc) is 2.22. The molecule has 84 valence electrons. The number of hydrogen-bond acceptors (Lipinski definition) is 2. The minimum Gasteiger partial charge on any atom is -0.383 e. The quantitative estimate of drug-likeness (QED) is 0.761. The van der Waals surface area contributed by atoms with Gasteiger partial charge in [0.05, 0.1) is 6.61 Å². The average molecular weight is 215 g/mol. The van der Waals surface area contributed by atoms with Gasteiger partial charge in [0.15, 0.2) is 11.6 Å². The third-order valence-corrected chi connectivity index (χ3v) is 2.20. The maximum absolute atomic E-state index is 12.9. The van der Waals surface area contributed by atoms with Crippen LogP contribution in [0.4, 0.5) is 8.78 Å². The molecule has 0 aliphatic heterocycles. The third-order valence-electron chi connectivity index (χ3n) is 2.20. The van der Waals surface area contributed by atoms with Crippen LogP contribution in [0.25, 0.3) is 0 Å². The van der Waals surface area contributed by atoms with Crippen LogP contribution in [0.15, 0.2) is 18.2 Å². The van der Waals surface area contributed by atoms with Gasteiger partial charge in [-0.15, -0.1) is 0 Å². The van der Waals surface area contributed by atoms with E-state index in [0.717, 1.165) is 11.6 Å². The van der Waals surface area contributed by atoms with Crippen LogP contribution in [0.2, 0.25) is 0 Å². The summed E-state index contributed by atoms with van der Waals surface area (Å²) in [5.41, 5.74) is 0.727. The fourth-order valence-electron chi connectivity index (χ4n) is 1.28. The van der Waals surface area contributed by atoms with E-state index in [1.165, 1.54) is 6.07 Å². The molecular formula is C11H15F2NO. The molecule has 0 unspecified atom stereocenters. The summed E-state index contributed by atoms with van der Waals surface area (Å²) >= 11 is 0. The first-order chi connectivity index (χ1) is 7.15. The fraction of sp³-hybridized carbons (Fsp3) is 0.455. The van der Waals surface area contributed by atoms with Crippen LogP contribution in [0, 0.1) is 11.6 Å². The summed E-state index contributed by atoms with van der Waals surface area (Å²) in [5, 5.41) is 3.13. The normalized spacial score (nSPS) is 12.8. The molecule has 0 amide bonds. The number of hydrogen-bond donors (Lipinski definition) is 1. The number of halogens is 2. The van der Waals surface area contributed by atoms with Crippen LogP contribution in [0.1, 0.15) is 18.5 Å². The van der Waals surface area contributed by atoms with Crippen molar-refractivity contribution in [2.45, 2.75) is 13.0 Å². The Morgan fingerprint density at radius 2 is 2.07 bits per heavy atom. The second-order valence-corrected chi connectivity index (χ2v) is 3.34. The maximum Gasteiger partial charge on any atom is 0.159 e. The van der Waals surface area contributed by atoms with Crippen molar-refractivity contribution in [1.82, 2.24) is 5.32 Å². The van der Waals surface area contributed by atoms with Crippen LogP contribution in [-0.4, -0.2) is 20.3 Å². The first-order valence-corrected chi connectivity index (χ1v) is 4.82. The molecule has 1 aromatic carbocycles. The summed E-state index contributed by atoms with van der Waals surface area (Å²) in [4.78, 5) is 0. The van der Waals surface area contributed by atoms with Crippen molar-refractivity contribution in [3.05, 3.63) is 35.4 Å². The highest BCUT2D eigenvalue weighted by atomic mass is 19.2. The predicted molar refractivity (Wildman–Crippen MR) is 54.7 cm³/mol. The van der Waals surface area contributed by atoms with Crippen molar-refractivity contribution in [3.63, 3.8) is 0 Å². The zero-order valence-corrected chi connectivity index (χ0v) is 8.89. The highest BCUT2D eigenvalue weighted by Gasteiger charge is 2.08. The summed E-state index contributed by atoms with van der Waals surface area (Å²) in [6.07, 6.45) is 0. The highest BCUT2D eigenvalue weighted by molar-refractivity contribution is 5.20. The van der Waals surface area contributed by atoms with Crippen molar-refractivity contribution in [2.75, 3.05) is 20.3 Å². The Morgan fingerprint density at radius 3 is 2.67 bits per heavy atom. The largest absolute Gasteiger partial charge is 0.383 e. The topological polar surface area (TPSA) is 21.3 Å². The van der Waals surface area contributed by atoms with E-state index in [1.807, 2.05) is 6.92 Å². The van der Waals surface area contributed by atoms with E-state index >= 15 is 0 Å². The van der Waals surface area contributed by atoms with Gasteiger partial charge in [-0.3, -0.25) is 0 Å². The van der Waals surface area contributed by atoms with Gasteiger partial charge in [0.2, 0.25) is 0 Å². The third kappa shape index (κ3) is 3.57. The molecule has 0 spiro atoms. The van der Waals surface area contributed by atoms with Crippen molar-refractivity contribution < 1.29 is 13.5 Å². The molecule has 1 atom stereocenters. The zero-order chi connectivity index (χ0) is 11.3. The molecule has 0 saturated carbocycles. The number of ether oxygens (including phenoxy) is 1. The molecular weight excluding hydrogens is 200 g/mol. The number of methoxy groups -OCH3 is 1. The second kappa shape index (κ2) is 5.78. The zero-order valence-electron chi connectivity index (χ0n) is 8.89. The van der Waals surface area contributed by atoms with Crippen LogP contribution in [-0.2, 0) is 4.74 Å². The Balaban J connectivity index is 2.57. The van der Waals surface area contributed by atoms with Gasteiger partial charge in [0, 0.05) is 19.7 Å². The molecule has 2 nitrogen and oxygen atoms in total. The van der Waals surface area contributed by atoms with Crippen LogP contribution in [0.5, 0.6) is 0 Å². The number of rotatable bonds is 5. The summed E-state index contributed by atoms with van der Waals surface area (Å²) in [6, 6.07) is 3.90. The molecule has 0 radical (unpaired) electrons. The van der Waals surface area contributed by atoms with E-state index in [9.17, 15) is 8.78 Å². The molecule has 0 aromatic heterocycles. The van der Waals surface area contributed by atoms with Crippen LogP contribution in [0.3, 0.4) is 0 Å². The van der Waals surface area contributed by atoms with E-state index in [0.29, 0.717) is 13.2 Å². The number of nitrogens with one attached hydrogen (secondary N) is 1. The smallest absolute Gasteiger partial charge is 0.159 e. The van der Waals surface area contributed by atoms with Gasteiger partial charge < -0.3 is 10.1 Å². The van der Waals surface area contributed by atoms with Gasteiger partial charge in [-0.2, -0.15) is 0 Å². The molecule has 0 fully saturated rings. The minimum atomic E-state index is -0.817. The lowest BCUT2D eigenvalue weighted by Gasteiger charge is -2.13. The van der Waals surface area contributed by atoms with E-state index in [2.05, 4.69) is 5.32 Å². The van der Waals surface area contributed by atoms with Crippen LogP contribution < -0.4 is 5.32 Å². The molecule has 4 heteroatoms. The summed E-state index contributed by atoms with van der Waals surface area (Å²) in [5.74, 6) is -1.63. The van der Waals surface area contributed by atoms with Gasteiger partial charge in [-0.1, -0.05) is 6.07 Å². The monoisotopic (exact) mass is 215 g/mol. The molecule has 1 rings (SSSR count). The Morgan fingerprint density at radius 1 is 1.33 bits per heavy atom. The van der Waals surface area contributed by atoms with Gasteiger partial charge in [0.1, 0.15) is 0 Å². The molecule has 0 bridgehead atoms.